The van der Waals surface area contributed by atoms with E-state index in [2.05, 4.69) is 255 Å². The third kappa shape index (κ3) is 5.94. The van der Waals surface area contributed by atoms with Gasteiger partial charge >= 0.3 is 0 Å². The van der Waals surface area contributed by atoms with Gasteiger partial charge in [0.1, 0.15) is 0 Å². The maximum atomic E-state index is 2.52. The van der Waals surface area contributed by atoms with Crippen LogP contribution in [0, 0.1) is 0 Å². The van der Waals surface area contributed by atoms with Gasteiger partial charge < -0.3 is 4.90 Å². The number of anilines is 3. The Morgan fingerprint density at radius 2 is 0.803 bits per heavy atom. The Morgan fingerprint density at radius 1 is 0.288 bits per heavy atom. The zero-order valence-corrected chi connectivity index (χ0v) is 37.0. The maximum Gasteiger partial charge on any atom is 0.0546 e. The van der Waals surface area contributed by atoms with Crippen molar-refractivity contribution < 1.29 is 0 Å². The largest absolute Gasteiger partial charge is 0.310 e. The number of benzene rings is 12. The van der Waals surface area contributed by atoms with E-state index in [1.54, 1.807) is 0 Å². The Kier molecular flexibility index (Phi) is 8.63. The highest BCUT2D eigenvalue weighted by atomic mass is 15.1. The van der Waals surface area contributed by atoms with E-state index in [9.17, 15) is 0 Å². The topological polar surface area (TPSA) is 3.24 Å². The summed E-state index contributed by atoms with van der Waals surface area (Å²) in [5.74, 6) is 0. The van der Waals surface area contributed by atoms with Crippen molar-refractivity contribution in [3.8, 4) is 44.5 Å². The second-order valence-electron chi connectivity index (χ2n) is 18.4. The Hall–Kier alpha value is -8.26. The molecule has 1 heteroatoms. The Bertz CT molecular complexity index is 3910. The summed E-state index contributed by atoms with van der Waals surface area (Å²) in [4.78, 5) is 2.52. The van der Waals surface area contributed by atoms with Gasteiger partial charge in [0.25, 0.3) is 0 Å². The minimum absolute atomic E-state index is 0.170. The van der Waals surface area contributed by atoms with E-state index in [4.69, 9.17) is 0 Å². The molecule has 0 radical (unpaired) electrons. The second-order valence-corrected chi connectivity index (χ2v) is 18.4. The smallest absolute Gasteiger partial charge is 0.0546 e. The molecule has 0 N–H and O–H groups in total. The molecule has 0 spiro atoms. The fraction of sp³-hybridized carbons (Fsp3) is 0.0462. The molecule has 0 atom stereocenters. The van der Waals surface area contributed by atoms with Gasteiger partial charge in [-0.15, -0.1) is 0 Å². The molecule has 12 aromatic carbocycles. The minimum atomic E-state index is -0.170. The second kappa shape index (κ2) is 14.9. The molecule has 0 amide bonds. The van der Waals surface area contributed by atoms with Crippen LogP contribution in [-0.2, 0) is 5.41 Å². The van der Waals surface area contributed by atoms with E-state index >= 15 is 0 Å². The molecule has 0 bridgehead atoms. The normalized spacial score (nSPS) is 12.8. The van der Waals surface area contributed by atoms with Gasteiger partial charge in [-0.05, 0) is 152 Å². The summed E-state index contributed by atoms with van der Waals surface area (Å²) in [5.41, 5.74) is 15.7. The van der Waals surface area contributed by atoms with Gasteiger partial charge in [-0.25, -0.2) is 0 Å². The number of hydrogen-bond donors (Lipinski definition) is 0. The molecule has 66 heavy (non-hydrogen) atoms. The van der Waals surface area contributed by atoms with Crippen molar-refractivity contribution in [1.82, 2.24) is 0 Å². The number of rotatable bonds is 6. The molecule has 0 heterocycles. The Balaban J connectivity index is 1.12. The standard InChI is InChI=1S/C65H45N/c1-65(2)61-28-14-13-26-56(61)57-37-36-49(41-62(57)65)66(48-34-32-43(33-35-48)45-31-30-42-16-3-4-17-44(42)38-45)63-29-15-27-58(59-39-46-18-5-7-20-50(46)52-22-9-11-24-54(52)59)64(63)60-40-47-19-6-8-21-51(47)53-23-10-12-25-55(53)60/h3-41H,1-2H3. The van der Waals surface area contributed by atoms with E-state index in [-0.39, 0.29) is 5.41 Å². The highest BCUT2D eigenvalue weighted by molar-refractivity contribution is 6.20. The monoisotopic (exact) mass is 839 g/mol. The van der Waals surface area contributed by atoms with Crippen LogP contribution in [0.3, 0.4) is 0 Å². The van der Waals surface area contributed by atoms with Crippen LogP contribution in [0.25, 0.3) is 98.4 Å². The van der Waals surface area contributed by atoms with Gasteiger partial charge in [0.2, 0.25) is 0 Å². The third-order valence-corrected chi connectivity index (χ3v) is 14.4. The van der Waals surface area contributed by atoms with Crippen LogP contribution in [0.4, 0.5) is 17.1 Å². The summed E-state index contributed by atoms with van der Waals surface area (Å²) >= 11 is 0. The molecule has 0 saturated carbocycles. The summed E-state index contributed by atoms with van der Waals surface area (Å²) in [6.07, 6.45) is 0. The molecular weight excluding hydrogens is 795 g/mol. The molecule has 0 aliphatic heterocycles. The first-order valence-corrected chi connectivity index (χ1v) is 23.1. The molecular formula is C65H45N. The number of nitrogens with zero attached hydrogens (tertiary/aromatic N) is 1. The molecule has 13 rings (SSSR count). The molecule has 1 nitrogen and oxygen atoms in total. The van der Waals surface area contributed by atoms with Gasteiger partial charge in [-0.3, -0.25) is 0 Å². The average molecular weight is 840 g/mol. The van der Waals surface area contributed by atoms with Crippen LogP contribution in [0.1, 0.15) is 25.0 Å². The zero-order chi connectivity index (χ0) is 43.9. The lowest BCUT2D eigenvalue weighted by Gasteiger charge is -2.31. The highest BCUT2D eigenvalue weighted by Crippen LogP contribution is 2.53. The first kappa shape index (κ1) is 38.2. The van der Waals surface area contributed by atoms with Crippen LogP contribution in [-0.4, -0.2) is 0 Å². The van der Waals surface area contributed by atoms with E-state index in [1.165, 1.54) is 109 Å². The van der Waals surface area contributed by atoms with Crippen molar-refractivity contribution in [2.45, 2.75) is 19.3 Å². The zero-order valence-electron chi connectivity index (χ0n) is 37.0. The average Bonchev–Trinajstić information content (AvgIpc) is 3.61. The van der Waals surface area contributed by atoms with Crippen LogP contribution in [0.2, 0.25) is 0 Å². The minimum Gasteiger partial charge on any atom is -0.310 e. The van der Waals surface area contributed by atoms with E-state index in [0.29, 0.717) is 0 Å². The predicted molar refractivity (Wildman–Crippen MR) is 283 cm³/mol. The van der Waals surface area contributed by atoms with Crippen LogP contribution in [0.5, 0.6) is 0 Å². The third-order valence-electron chi connectivity index (χ3n) is 14.4. The van der Waals surface area contributed by atoms with Crippen molar-refractivity contribution in [3.05, 3.63) is 248 Å². The number of fused-ring (bicyclic) bond motifs is 10. The Labute approximate surface area is 385 Å². The Morgan fingerprint density at radius 3 is 1.52 bits per heavy atom. The summed E-state index contributed by atoms with van der Waals surface area (Å²) in [7, 11) is 0. The summed E-state index contributed by atoms with van der Waals surface area (Å²) in [5, 5.41) is 12.4. The van der Waals surface area contributed by atoms with Gasteiger partial charge in [-0.1, -0.05) is 202 Å². The maximum absolute atomic E-state index is 2.52. The predicted octanol–water partition coefficient (Wildman–Crippen LogP) is 18.2. The van der Waals surface area contributed by atoms with Crippen molar-refractivity contribution in [1.29, 1.82) is 0 Å². The quantitative estimate of drug-likeness (QED) is 0.151. The molecule has 1 aliphatic carbocycles. The lowest BCUT2D eigenvalue weighted by Crippen LogP contribution is -2.17. The summed E-state index contributed by atoms with van der Waals surface area (Å²) < 4.78 is 0. The summed E-state index contributed by atoms with van der Waals surface area (Å²) in [6, 6.07) is 88.1. The molecule has 12 aromatic rings. The lowest BCUT2D eigenvalue weighted by molar-refractivity contribution is 0.660. The van der Waals surface area contributed by atoms with Gasteiger partial charge in [0.15, 0.2) is 0 Å². The van der Waals surface area contributed by atoms with Gasteiger partial charge in [-0.2, -0.15) is 0 Å². The molecule has 310 valence electrons. The molecule has 0 aromatic heterocycles. The van der Waals surface area contributed by atoms with Crippen molar-refractivity contribution in [3.63, 3.8) is 0 Å². The van der Waals surface area contributed by atoms with Crippen LogP contribution in [0.15, 0.2) is 237 Å². The van der Waals surface area contributed by atoms with Crippen LogP contribution < -0.4 is 4.90 Å². The first-order chi connectivity index (χ1) is 32.5. The fourth-order valence-electron chi connectivity index (χ4n) is 11.2. The molecule has 0 fully saturated rings. The SMILES string of the molecule is CC1(C)c2ccccc2-c2ccc(N(c3ccc(-c4ccc5ccccc5c4)cc3)c3cccc(-c4cc5ccccc5c5ccccc45)c3-c3cc4ccccc4c4ccccc34)cc21. The number of hydrogen-bond acceptors (Lipinski definition) is 1. The fourth-order valence-corrected chi connectivity index (χ4v) is 11.2. The summed E-state index contributed by atoms with van der Waals surface area (Å²) in [6.45, 7) is 4.75. The molecule has 0 saturated heterocycles. The van der Waals surface area contributed by atoms with E-state index in [1.807, 2.05) is 0 Å². The van der Waals surface area contributed by atoms with Crippen molar-refractivity contribution >= 4 is 70.9 Å². The van der Waals surface area contributed by atoms with E-state index < -0.39 is 0 Å². The van der Waals surface area contributed by atoms with Crippen molar-refractivity contribution in [2.75, 3.05) is 4.90 Å². The first-order valence-electron chi connectivity index (χ1n) is 23.1. The molecule has 1 aliphatic rings. The lowest BCUT2D eigenvalue weighted by atomic mass is 9.82. The molecule has 0 unspecified atom stereocenters. The van der Waals surface area contributed by atoms with E-state index in [0.717, 1.165) is 17.1 Å². The van der Waals surface area contributed by atoms with Crippen molar-refractivity contribution in [2.24, 2.45) is 0 Å². The van der Waals surface area contributed by atoms with Crippen LogP contribution >= 0.6 is 0 Å². The highest BCUT2D eigenvalue weighted by Gasteiger charge is 2.36. The van der Waals surface area contributed by atoms with Gasteiger partial charge in [0.05, 0.1) is 5.69 Å². The van der Waals surface area contributed by atoms with Gasteiger partial charge in [0, 0.05) is 22.4 Å².